The lowest BCUT2D eigenvalue weighted by Gasteiger charge is -2.11. The molecule has 5 heteroatoms. The summed E-state index contributed by atoms with van der Waals surface area (Å²) in [5, 5.41) is 6.04. The van der Waals surface area contributed by atoms with Crippen molar-refractivity contribution in [3.8, 4) is 0 Å². The standard InChI is InChI=1S/C14H21N3O2/c1-10-6-8-17(2)14(19)13(10)16-12(18)4-3-11-5-7-15-9-11/h6,8,11,15H,3-5,7,9H2,1-2H3,(H,16,18). The summed E-state index contributed by atoms with van der Waals surface area (Å²) >= 11 is 0. The maximum Gasteiger partial charge on any atom is 0.274 e. The van der Waals surface area contributed by atoms with E-state index in [1.807, 2.05) is 13.0 Å². The van der Waals surface area contributed by atoms with Crippen LogP contribution in [-0.4, -0.2) is 23.6 Å². The molecule has 1 aliphatic heterocycles. The number of carbonyl (C=O) groups excluding carboxylic acids is 1. The first-order valence-corrected chi connectivity index (χ1v) is 6.74. The largest absolute Gasteiger partial charge is 0.321 e. The van der Waals surface area contributed by atoms with Crippen LogP contribution in [0.4, 0.5) is 5.69 Å². The van der Waals surface area contributed by atoms with Gasteiger partial charge in [-0.2, -0.15) is 0 Å². The summed E-state index contributed by atoms with van der Waals surface area (Å²) in [6.07, 6.45) is 4.20. The Hall–Kier alpha value is -1.62. The molecule has 1 aliphatic rings. The van der Waals surface area contributed by atoms with Gasteiger partial charge in [-0.3, -0.25) is 9.59 Å². The van der Waals surface area contributed by atoms with E-state index in [1.165, 1.54) is 4.57 Å². The normalized spacial score (nSPS) is 18.5. The predicted octanol–water partition coefficient (Wildman–Crippen LogP) is 1.02. The number of carbonyl (C=O) groups is 1. The van der Waals surface area contributed by atoms with E-state index in [9.17, 15) is 9.59 Å². The molecule has 1 unspecified atom stereocenters. The third-order valence-corrected chi connectivity index (χ3v) is 3.68. The highest BCUT2D eigenvalue weighted by Gasteiger charge is 2.16. The van der Waals surface area contributed by atoms with E-state index in [4.69, 9.17) is 0 Å². The minimum atomic E-state index is -0.157. The van der Waals surface area contributed by atoms with Gasteiger partial charge in [0.05, 0.1) is 0 Å². The van der Waals surface area contributed by atoms with Crippen molar-refractivity contribution in [2.75, 3.05) is 18.4 Å². The Morgan fingerprint density at radius 2 is 2.37 bits per heavy atom. The van der Waals surface area contributed by atoms with Gasteiger partial charge in [0.15, 0.2) is 0 Å². The second-order valence-electron chi connectivity index (χ2n) is 5.24. The number of hydrogen-bond acceptors (Lipinski definition) is 3. The van der Waals surface area contributed by atoms with Crippen molar-refractivity contribution in [2.45, 2.75) is 26.2 Å². The lowest BCUT2D eigenvalue weighted by Crippen LogP contribution is -2.25. The Morgan fingerprint density at radius 1 is 1.58 bits per heavy atom. The molecule has 1 fully saturated rings. The number of rotatable bonds is 4. The summed E-state index contributed by atoms with van der Waals surface area (Å²) in [5.74, 6) is 0.517. The molecule has 1 aromatic rings. The Kier molecular flexibility index (Phi) is 4.37. The predicted molar refractivity (Wildman–Crippen MR) is 75.3 cm³/mol. The Balaban J connectivity index is 1.95. The van der Waals surface area contributed by atoms with Gasteiger partial charge in [-0.05, 0) is 50.4 Å². The summed E-state index contributed by atoms with van der Waals surface area (Å²) in [5.41, 5.74) is 1.05. The second-order valence-corrected chi connectivity index (χ2v) is 5.24. The van der Waals surface area contributed by atoms with Crippen LogP contribution in [0, 0.1) is 12.8 Å². The number of nitrogens with zero attached hydrogens (tertiary/aromatic N) is 1. The zero-order valence-corrected chi connectivity index (χ0v) is 11.5. The minimum Gasteiger partial charge on any atom is -0.321 e. The maximum atomic E-state index is 11.9. The number of pyridine rings is 1. The van der Waals surface area contributed by atoms with Crippen LogP contribution in [-0.2, 0) is 11.8 Å². The molecule has 2 rings (SSSR count). The van der Waals surface area contributed by atoms with Crippen LogP contribution < -0.4 is 16.2 Å². The smallest absolute Gasteiger partial charge is 0.274 e. The van der Waals surface area contributed by atoms with Gasteiger partial charge in [0, 0.05) is 19.7 Å². The first-order chi connectivity index (χ1) is 9.08. The summed E-state index contributed by atoms with van der Waals surface area (Å²) in [6.45, 7) is 3.88. The molecule has 1 saturated heterocycles. The summed E-state index contributed by atoms with van der Waals surface area (Å²) < 4.78 is 1.48. The van der Waals surface area contributed by atoms with Gasteiger partial charge in [-0.25, -0.2) is 0 Å². The molecule has 0 spiro atoms. The van der Waals surface area contributed by atoms with E-state index in [0.717, 1.165) is 31.5 Å². The fourth-order valence-electron chi connectivity index (χ4n) is 2.37. The zero-order valence-electron chi connectivity index (χ0n) is 11.5. The topological polar surface area (TPSA) is 63.1 Å². The lowest BCUT2D eigenvalue weighted by molar-refractivity contribution is -0.116. The Morgan fingerprint density at radius 3 is 3.05 bits per heavy atom. The molecule has 0 bridgehead atoms. The van der Waals surface area contributed by atoms with E-state index < -0.39 is 0 Å². The van der Waals surface area contributed by atoms with Gasteiger partial charge in [0.2, 0.25) is 5.91 Å². The number of anilines is 1. The number of amides is 1. The zero-order chi connectivity index (χ0) is 13.8. The van der Waals surface area contributed by atoms with E-state index >= 15 is 0 Å². The molecule has 2 N–H and O–H groups in total. The number of aromatic nitrogens is 1. The number of aryl methyl sites for hydroxylation is 2. The molecular weight excluding hydrogens is 242 g/mol. The summed E-state index contributed by atoms with van der Waals surface area (Å²) in [4.78, 5) is 23.8. The van der Waals surface area contributed by atoms with E-state index in [1.54, 1.807) is 13.2 Å². The van der Waals surface area contributed by atoms with Crippen LogP contribution in [0.25, 0.3) is 0 Å². The van der Waals surface area contributed by atoms with Gasteiger partial charge in [-0.1, -0.05) is 0 Å². The summed E-state index contributed by atoms with van der Waals surface area (Å²) in [7, 11) is 1.68. The van der Waals surface area contributed by atoms with Crippen molar-refractivity contribution in [3.63, 3.8) is 0 Å². The molecule has 1 aromatic heterocycles. The Bertz CT molecular complexity index is 516. The van der Waals surface area contributed by atoms with Gasteiger partial charge in [0.1, 0.15) is 5.69 Å². The lowest BCUT2D eigenvalue weighted by atomic mass is 10.0. The molecule has 1 amide bonds. The summed E-state index contributed by atoms with van der Waals surface area (Å²) in [6, 6.07) is 1.83. The van der Waals surface area contributed by atoms with E-state index in [-0.39, 0.29) is 11.5 Å². The van der Waals surface area contributed by atoms with E-state index in [0.29, 0.717) is 18.0 Å². The van der Waals surface area contributed by atoms with Crippen LogP contribution in [0.3, 0.4) is 0 Å². The third kappa shape index (κ3) is 3.44. The van der Waals surface area contributed by atoms with Crippen molar-refractivity contribution in [1.29, 1.82) is 0 Å². The highest BCUT2D eigenvalue weighted by Crippen LogP contribution is 2.15. The van der Waals surface area contributed by atoms with Crippen molar-refractivity contribution in [1.82, 2.24) is 9.88 Å². The van der Waals surface area contributed by atoms with Crippen LogP contribution in [0.5, 0.6) is 0 Å². The van der Waals surface area contributed by atoms with Crippen molar-refractivity contribution in [2.24, 2.45) is 13.0 Å². The average molecular weight is 263 g/mol. The molecule has 0 saturated carbocycles. The molecule has 19 heavy (non-hydrogen) atoms. The maximum absolute atomic E-state index is 11.9. The number of nitrogens with one attached hydrogen (secondary N) is 2. The van der Waals surface area contributed by atoms with Crippen LogP contribution >= 0.6 is 0 Å². The van der Waals surface area contributed by atoms with Crippen LogP contribution in [0.1, 0.15) is 24.8 Å². The van der Waals surface area contributed by atoms with Gasteiger partial charge < -0.3 is 15.2 Å². The minimum absolute atomic E-state index is 0.0710. The highest BCUT2D eigenvalue weighted by molar-refractivity contribution is 5.91. The van der Waals surface area contributed by atoms with Gasteiger partial charge >= 0.3 is 0 Å². The van der Waals surface area contributed by atoms with E-state index in [2.05, 4.69) is 10.6 Å². The van der Waals surface area contributed by atoms with Crippen LogP contribution in [0.15, 0.2) is 17.1 Å². The molecule has 104 valence electrons. The monoisotopic (exact) mass is 263 g/mol. The van der Waals surface area contributed by atoms with Crippen molar-refractivity contribution < 1.29 is 4.79 Å². The fourth-order valence-corrected chi connectivity index (χ4v) is 2.37. The molecule has 0 aromatic carbocycles. The molecular formula is C14H21N3O2. The average Bonchev–Trinajstić information content (AvgIpc) is 2.90. The quantitative estimate of drug-likeness (QED) is 0.852. The van der Waals surface area contributed by atoms with Crippen LogP contribution in [0.2, 0.25) is 0 Å². The number of hydrogen-bond donors (Lipinski definition) is 2. The fraction of sp³-hybridized carbons (Fsp3) is 0.571. The SMILES string of the molecule is Cc1ccn(C)c(=O)c1NC(=O)CCC1CCNC1. The molecule has 0 radical (unpaired) electrons. The van der Waals surface area contributed by atoms with Crippen molar-refractivity contribution >= 4 is 11.6 Å². The first-order valence-electron chi connectivity index (χ1n) is 6.74. The molecule has 0 aliphatic carbocycles. The van der Waals surface area contributed by atoms with Gasteiger partial charge in [-0.15, -0.1) is 0 Å². The van der Waals surface area contributed by atoms with Gasteiger partial charge in [0.25, 0.3) is 5.56 Å². The molecule has 1 atom stereocenters. The second kappa shape index (κ2) is 6.02. The molecule has 2 heterocycles. The molecule has 5 nitrogen and oxygen atoms in total. The first kappa shape index (κ1) is 13.8. The Labute approximate surface area is 113 Å². The highest BCUT2D eigenvalue weighted by atomic mass is 16.2. The third-order valence-electron chi connectivity index (χ3n) is 3.68. The van der Waals surface area contributed by atoms with Crippen molar-refractivity contribution in [3.05, 3.63) is 28.2 Å².